The molecule has 0 fully saturated rings. The molecule has 2 rings (SSSR count). The second-order valence-electron chi connectivity index (χ2n) is 2.70. The zero-order valence-corrected chi connectivity index (χ0v) is 6.86. The van der Waals surface area contributed by atoms with Gasteiger partial charge in [0.1, 0.15) is 0 Å². The van der Waals surface area contributed by atoms with E-state index in [1.807, 2.05) is 30.3 Å². The van der Waals surface area contributed by atoms with Crippen LogP contribution in [0.4, 0.5) is 0 Å². The van der Waals surface area contributed by atoms with Crippen LogP contribution in [0.2, 0.25) is 0 Å². The van der Waals surface area contributed by atoms with Gasteiger partial charge in [-0.15, -0.1) is 0 Å². The first-order valence-corrected chi connectivity index (χ1v) is 3.93. The molecule has 4 nitrogen and oxygen atoms in total. The molecule has 4 heteroatoms. The predicted molar refractivity (Wildman–Crippen MR) is 46.4 cm³/mol. The Labute approximate surface area is 74.2 Å². The van der Waals surface area contributed by atoms with Gasteiger partial charge in [-0.1, -0.05) is 35.5 Å². The van der Waals surface area contributed by atoms with Crippen molar-refractivity contribution in [2.75, 3.05) is 0 Å². The largest absolute Gasteiger partial charge is 0.438 e. The van der Waals surface area contributed by atoms with Crippen LogP contribution in [0.5, 0.6) is 0 Å². The van der Waals surface area contributed by atoms with Crippen molar-refractivity contribution in [2.24, 2.45) is 0 Å². The topological polar surface area (TPSA) is 58.9 Å². The minimum atomic E-state index is -0.508. The molecule has 0 atom stereocenters. The summed E-state index contributed by atoms with van der Waals surface area (Å²) in [5, 5.41) is 3.57. The molecule has 0 unspecified atom stereocenters. The first-order chi connectivity index (χ1) is 6.34. The summed E-state index contributed by atoms with van der Waals surface area (Å²) in [6.45, 7) is 0. The lowest BCUT2D eigenvalue weighted by atomic mass is 10.1. The number of nitrogens with zero attached hydrogens (tertiary/aromatic N) is 1. The minimum absolute atomic E-state index is 0.508. The molecular formula is C9H8N2O2. The van der Waals surface area contributed by atoms with Crippen LogP contribution in [0, 0.1) is 0 Å². The molecule has 2 aromatic rings. The SMILES string of the molecule is O=c1[nH]c(Cc2ccccc2)no1. The fourth-order valence-electron chi connectivity index (χ4n) is 1.13. The van der Waals surface area contributed by atoms with Gasteiger partial charge in [-0.25, -0.2) is 4.79 Å². The molecule has 0 saturated heterocycles. The number of benzene rings is 1. The first kappa shape index (κ1) is 7.79. The van der Waals surface area contributed by atoms with E-state index in [9.17, 15) is 4.79 Å². The molecule has 0 radical (unpaired) electrons. The van der Waals surface area contributed by atoms with Crippen LogP contribution in [0.15, 0.2) is 39.6 Å². The first-order valence-electron chi connectivity index (χ1n) is 3.93. The van der Waals surface area contributed by atoms with E-state index in [4.69, 9.17) is 0 Å². The monoisotopic (exact) mass is 176 g/mol. The van der Waals surface area contributed by atoms with Crippen molar-refractivity contribution in [1.29, 1.82) is 0 Å². The number of hydrogen-bond donors (Lipinski definition) is 1. The van der Waals surface area contributed by atoms with Gasteiger partial charge >= 0.3 is 5.76 Å². The third kappa shape index (κ3) is 1.84. The molecule has 1 aromatic heterocycles. The fourth-order valence-corrected chi connectivity index (χ4v) is 1.13. The van der Waals surface area contributed by atoms with Crippen LogP contribution in [-0.4, -0.2) is 10.1 Å². The van der Waals surface area contributed by atoms with Crippen LogP contribution in [0.25, 0.3) is 0 Å². The molecule has 0 aliphatic carbocycles. The highest BCUT2D eigenvalue weighted by Gasteiger charge is 2.00. The smallest absolute Gasteiger partial charge is 0.296 e. The van der Waals surface area contributed by atoms with Gasteiger partial charge < -0.3 is 0 Å². The molecule has 0 amide bonds. The van der Waals surface area contributed by atoms with Crippen LogP contribution in [0.1, 0.15) is 11.4 Å². The molecule has 0 spiro atoms. The van der Waals surface area contributed by atoms with E-state index in [1.54, 1.807) is 0 Å². The third-order valence-electron chi connectivity index (χ3n) is 1.70. The lowest BCUT2D eigenvalue weighted by Gasteiger charge is -1.93. The van der Waals surface area contributed by atoms with Gasteiger partial charge in [0.25, 0.3) is 0 Å². The molecule has 0 aliphatic heterocycles. The van der Waals surface area contributed by atoms with Gasteiger partial charge in [0.15, 0.2) is 5.82 Å². The predicted octanol–water partition coefficient (Wildman–Crippen LogP) is 0.954. The van der Waals surface area contributed by atoms with Gasteiger partial charge in [-0.05, 0) is 5.56 Å². The lowest BCUT2D eigenvalue weighted by molar-refractivity contribution is 0.382. The molecule has 13 heavy (non-hydrogen) atoms. The Bertz CT molecular complexity index is 430. The zero-order valence-electron chi connectivity index (χ0n) is 6.86. The van der Waals surface area contributed by atoms with E-state index in [0.717, 1.165) is 5.56 Å². The van der Waals surface area contributed by atoms with Crippen molar-refractivity contribution < 1.29 is 4.52 Å². The van der Waals surface area contributed by atoms with Crippen molar-refractivity contribution in [3.05, 3.63) is 52.3 Å². The molecule has 0 saturated carbocycles. The molecule has 1 heterocycles. The molecule has 1 N–H and O–H groups in total. The highest BCUT2D eigenvalue weighted by Crippen LogP contribution is 2.02. The van der Waals surface area contributed by atoms with Crippen LogP contribution in [0.3, 0.4) is 0 Å². The quantitative estimate of drug-likeness (QED) is 0.741. The highest BCUT2D eigenvalue weighted by molar-refractivity contribution is 5.17. The maximum absolute atomic E-state index is 10.6. The van der Waals surface area contributed by atoms with E-state index >= 15 is 0 Å². The Morgan fingerprint density at radius 1 is 1.31 bits per heavy atom. The summed E-state index contributed by atoms with van der Waals surface area (Å²) in [6, 6.07) is 9.75. The summed E-state index contributed by atoms with van der Waals surface area (Å²) in [5.41, 5.74) is 1.09. The summed E-state index contributed by atoms with van der Waals surface area (Å²) in [7, 11) is 0. The van der Waals surface area contributed by atoms with Gasteiger partial charge in [0.2, 0.25) is 0 Å². The molecule has 66 valence electrons. The van der Waals surface area contributed by atoms with Crippen molar-refractivity contribution in [2.45, 2.75) is 6.42 Å². The number of nitrogens with one attached hydrogen (secondary N) is 1. The Morgan fingerprint density at radius 3 is 2.69 bits per heavy atom. The summed E-state index contributed by atoms with van der Waals surface area (Å²) >= 11 is 0. The van der Waals surface area contributed by atoms with E-state index in [1.165, 1.54) is 0 Å². The van der Waals surface area contributed by atoms with Gasteiger partial charge in [0, 0.05) is 6.42 Å². The highest BCUT2D eigenvalue weighted by atomic mass is 16.5. The van der Waals surface area contributed by atoms with Crippen LogP contribution >= 0.6 is 0 Å². The normalized spacial score (nSPS) is 10.2. The Balaban J connectivity index is 2.20. The second-order valence-corrected chi connectivity index (χ2v) is 2.70. The van der Waals surface area contributed by atoms with E-state index in [0.29, 0.717) is 12.2 Å². The molecular weight excluding hydrogens is 168 g/mol. The number of rotatable bonds is 2. The second kappa shape index (κ2) is 3.26. The molecule has 0 aliphatic rings. The van der Waals surface area contributed by atoms with E-state index < -0.39 is 5.76 Å². The van der Waals surface area contributed by atoms with Crippen LogP contribution < -0.4 is 5.76 Å². The Kier molecular flexibility index (Phi) is 1.96. The maximum Gasteiger partial charge on any atom is 0.438 e. The van der Waals surface area contributed by atoms with Crippen molar-refractivity contribution >= 4 is 0 Å². The number of hydrogen-bond acceptors (Lipinski definition) is 3. The number of aromatic amines is 1. The third-order valence-corrected chi connectivity index (χ3v) is 1.70. The molecule has 0 bridgehead atoms. The summed E-state index contributed by atoms with van der Waals surface area (Å²) < 4.78 is 4.38. The Morgan fingerprint density at radius 2 is 2.08 bits per heavy atom. The number of H-pyrrole nitrogens is 1. The standard InChI is InChI=1S/C9H8N2O2/c12-9-10-8(11-13-9)6-7-4-2-1-3-5-7/h1-5H,6H2,(H,10,11,12). The maximum atomic E-state index is 10.6. The van der Waals surface area contributed by atoms with E-state index in [-0.39, 0.29) is 0 Å². The van der Waals surface area contributed by atoms with Crippen molar-refractivity contribution in [3.8, 4) is 0 Å². The number of aromatic nitrogens is 2. The average Bonchev–Trinajstić information content (AvgIpc) is 2.53. The van der Waals surface area contributed by atoms with Crippen molar-refractivity contribution in [3.63, 3.8) is 0 Å². The van der Waals surface area contributed by atoms with Gasteiger partial charge in [-0.3, -0.25) is 9.51 Å². The fraction of sp³-hybridized carbons (Fsp3) is 0.111. The van der Waals surface area contributed by atoms with Crippen molar-refractivity contribution in [1.82, 2.24) is 10.1 Å². The average molecular weight is 176 g/mol. The molecule has 1 aromatic carbocycles. The summed E-state index contributed by atoms with van der Waals surface area (Å²) in [6.07, 6.45) is 0.590. The van der Waals surface area contributed by atoms with Gasteiger partial charge in [-0.2, -0.15) is 0 Å². The van der Waals surface area contributed by atoms with Gasteiger partial charge in [0.05, 0.1) is 0 Å². The summed E-state index contributed by atoms with van der Waals surface area (Å²) in [5.74, 6) is 0.0436. The van der Waals surface area contributed by atoms with E-state index in [2.05, 4.69) is 14.7 Å². The minimum Gasteiger partial charge on any atom is -0.296 e. The van der Waals surface area contributed by atoms with Crippen LogP contribution in [-0.2, 0) is 6.42 Å². The summed E-state index contributed by atoms with van der Waals surface area (Å²) in [4.78, 5) is 13.1. The lowest BCUT2D eigenvalue weighted by Crippen LogP contribution is -1.97. The Hall–Kier alpha value is -1.84. The zero-order chi connectivity index (χ0) is 9.10.